The molecular formula is C13H14F3NO2. The predicted molar refractivity (Wildman–Crippen MR) is 64.3 cm³/mol. The van der Waals surface area contributed by atoms with Crippen LogP contribution in [0.1, 0.15) is 24.3 Å². The van der Waals surface area contributed by atoms with Crippen LogP contribution in [0.25, 0.3) is 0 Å². The second kappa shape index (κ2) is 5.11. The molecular weight excluding hydrogens is 259 g/mol. The Kier molecular flexibility index (Phi) is 3.68. The Morgan fingerprint density at radius 2 is 2.05 bits per heavy atom. The van der Waals surface area contributed by atoms with E-state index in [1.165, 1.54) is 0 Å². The van der Waals surface area contributed by atoms with Gasteiger partial charge in [-0.25, -0.2) is 0 Å². The van der Waals surface area contributed by atoms with E-state index in [0.717, 1.165) is 0 Å². The zero-order valence-corrected chi connectivity index (χ0v) is 10.2. The average molecular weight is 273 g/mol. The Labute approximate surface area is 108 Å². The SMILES string of the molecule is O=C(O)C1CCN(CCC(F)(F)F)c2ccccc21. The van der Waals surface area contributed by atoms with Gasteiger partial charge in [0.25, 0.3) is 0 Å². The molecule has 6 heteroatoms. The minimum absolute atomic E-state index is 0.132. The standard InChI is InChI=1S/C13H14F3NO2/c14-13(15,16)6-8-17-7-5-10(12(18)19)9-3-1-2-4-11(9)17/h1-4,10H,5-8H2,(H,18,19). The van der Waals surface area contributed by atoms with Crippen LogP contribution in [-0.2, 0) is 4.79 Å². The molecule has 1 N–H and O–H groups in total. The van der Waals surface area contributed by atoms with Crippen molar-refractivity contribution in [3.8, 4) is 0 Å². The van der Waals surface area contributed by atoms with Gasteiger partial charge in [0.1, 0.15) is 0 Å². The monoisotopic (exact) mass is 273 g/mol. The molecule has 1 aromatic rings. The summed E-state index contributed by atoms with van der Waals surface area (Å²) >= 11 is 0. The predicted octanol–water partition coefficient (Wildman–Crippen LogP) is 3.02. The van der Waals surface area contributed by atoms with E-state index in [2.05, 4.69) is 0 Å². The Bertz CT molecular complexity index is 473. The van der Waals surface area contributed by atoms with Crippen LogP contribution in [0.4, 0.5) is 18.9 Å². The van der Waals surface area contributed by atoms with Crippen molar-refractivity contribution in [2.75, 3.05) is 18.0 Å². The highest BCUT2D eigenvalue weighted by Crippen LogP contribution is 2.36. The van der Waals surface area contributed by atoms with Gasteiger partial charge in [-0.1, -0.05) is 18.2 Å². The fourth-order valence-corrected chi connectivity index (χ4v) is 2.38. The number of aliphatic carboxylic acids is 1. The first kappa shape index (κ1) is 13.7. The molecule has 104 valence electrons. The summed E-state index contributed by atoms with van der Waals surface area (Å²) in [7, 11) is 0. The van der Waals surface area contributed by atoms with Gasteiger partial charge in [-0.05, 0) is 18.1 Å². The molecule has 1 aromatic carbocycles. The number of carboxylic acid groups (broad SMARTS) is 1. The minimum Gasteiger partial charge on any atom is -0.481 e. The van der Waals surface area contributed by atoms with E-state index in [1.54, 1.807) is 29.2 Å². The normalized spacial score (nSPS) is 19.1. The number of rotatable bonds is 3. The Morgan fingerprint density at radius 3 is 2.68 bits per heavy atom. The molecule has 2 rings (SSSR count). The van der Waals surface area contributed by atoms with Gasteiger partial charge in [0.15, 0.2) is 0 Å². The molecule has 1 aliphatic heterocycles. The molecule has 0 saturated heterocycles. The molecule has 0 fully saturated rings. The largest absolute Gasteiger partial charge is 0.481 e. The first-order valence-corrected chi connectivity index (χ1v) is 6.02. The molecule has 1 aliphatic rings. The summed E-state index contributed by atoms with van der Waals surface area (Å²) in [5, 5.41) is 9.13. The van der Waals surface area contributed by atoms with Gasteiger partial charge in [0.2, 0.25) is 0 Å². The number of carboxylic acids is 1. The van der Waals surface area contributed by atoms with E-state index in [-0.39, 0.29) is 6.54 Å². The summed E-state index contributed by atoms with van der Waals surface area (Å²) in [5.41, 5.74) is 1.20. The number of fused-ring (bicyclic) bond motifs is 1. The Morgan fingerprint density at radius 1 is 1.37 bits per heavy atom. The van der Waals surface area contributed by atoms with Crippen LogP contribution in [0.15, 0.2) is 24.3 Å². The number of anilines is 1. The first-order valence-electron chi connectivity index (χ1n) is 6.02. The lowest BCUT2D eigenvalue weighted by Crippen LogP contribution is -2.35. The molecule has 0 radical (unpaired) electrons. The molecule has 0 spiro atoms. The highest BCUT2D eigenvalue weighted by Gasteiger charge is 2.32. The third-order valence-corrected chi connectivity index (χ3v) is 3.30. The van der Waals surface area contributed by atoms with Crippen molar-refractivity contribution in [2.24, 2.45) is 0 Å². The second-order valence-electron chi connectivity index (χ2n) is 4.59. The summed E-state index contributed by atoms with van der Waals surface area (Å²) < 4.78 is 36.8. The van der Waals surface area contributed by atoms with Crippen LogP contribution >= 0.6 is 0 Å². The quantitative estimate of drug-likeness (QED) is 0.920. The van der Waals surface area contributed by atoms with E-state index in [0.29, 0.717) is 24.2 Å². The number of carbonyl (C=O) groups is 1. The fourth-order valence-electron chi connectivity index (χ4n) is 2.38. The summed E-state index contributed by atoms with van der Waals surface area (Å²) in [4.78, 5) is 12.8. The third-order valence-electron chi connectivity index (χ3n) is 3.30. The van der Waals surface area contributed by atoms with Crippen molar-refractivity contribution in [1.82, 2.24) is 0 Å². The van der Waals surface area contributed by atoms with Crippen molar-refractivity contribution in [3.63, 3.8) is 0 Å². The molecule has 19 heavy (non-hydrogen) atoms. The van der Waals surface area contributed by atoms with Crippen molar-refractivity contribution >= 4 is 11.7 Å². The van der Waals surface area contributed by atoms with Crippen LogP contribution < -0.4 is 4.90 Å². The zero-order valence-electron chi connectivity index (χ0n) is 10.2. The molecule has 0 aromatic heterocycles. The van der Waals surface area contributed by atoms with Gasteiger partial charge in [0.05, 0.1) is 12.3 Å². The third kappa shape index (κ3) is 3.19. The Hall–Kier alpha value is -1.72. The van der Waals surface area contributed by atoms with Crippen molar-refractivity contribution < 1.29 is 23.1 Å². The second-order valence-corrected chi connectivity index (χ2v) is 4.59. The smallest absolute Gasteiger partial charge is 0.390 e. The van der Waals surface area contributed by atoms with Gasteiger partial charge in [-0.15, -0.1) is 0 Å². The lowest BCUT2D eigenvalue weighted by atomic mass is 9.90. The van der Waals surface area contributed by atoms with E-state index in [4.69, 9.17) is 5.11 Å². The van der Waals surface area contributed by atoms with Crippen LogP contribution in [0.5, 0.6) is 0 Å². The highest BCUT2D eigenvalue weighted by atomic mass is 19.4. The Balaban J connectivity index is 2.21. The first-order chi connectivity index (χ1) is 8.88. The van der Waals surface area contributed by atoms with Crippen molar-refractivity contribution in [3.05, 3.63) is 29.8 Å². The van der Waals surface area contributed by atoms with Gasteiger partial charge in [0, 0.05) is 18.8 Å². The maximum atomic E-state index is 12.3. The van der Waals surface area contributed by atoms with E-state index in [9.17, 15) is 18.0 Å². The van der Waals surface area contributed by atoms with Crippen LogP contribution in [-0.4, -0.2) is 30.3 Å². The summed E-state index contributed by atoms with van der Waals surface area (Å²) in [6.07, 6.45) is -4.75. The van der Waals surface area contributed by atoms with E-state index >= 15 is 0 Å². The molecule has 0 aliphatic carbocycles. The molecule has 1 heterocycles. The molecule has 0 amide bonds. The van der Waals surface area contributed by atoms with Gasteiger partial charge >= 0.3 is 12.1 Å². The van der Waals surface area contributed by atoms with Gasteiger partial charge in [-0.2, -0.15) is 13.2 Å². The highest BCUT2D eigenvalue weighted by molar-refractivity contribution is 5.80. The number of hydrogen-bond acceptors (Lipinski definition) is 2. The molecule has 1 unspecified atom stereocenters. The molecule has 0 saturated carbocycles. The van der Waals surface area contributed by atoms with E-state index < -0.39 is 24.5 Å². The molecule has 1 atom stereocenters. The van der Waals surface area contributed by atoms with E-state index in [1.807, 2.05) is 0 Å². The molecule has 3 nitrogen and oxygen atoms in total. The summed E-state index contributed by atoms with van der Waals surface area (Å²) in [6, 6.07) is 6.78. The minimum atomic E-state index is -4.20. The number of hydrogen-bond donors (Lipinski definition) is 1. The lowest BCUT2D eigenvalue weighted by molar-refractivity contribution is -0.139. The number of halogens is 3. The molecule has 0 bridgehead atoms. The number of para-hydroxylation sites is 1. The van der Waals surface area contributed by atoms with Crippen molar-refractivity contribution in [1.29, 1.82) is 0 Å². The fraction of sp³-hybridized carbons (Fsp3) is 0.462. The number of alkyl halides is 3. The van der Waals surface area contributed by atoms with Gasteiger partial charge in [-0.3, -0.25) is 4.79 Å². The maximum Gasteiger partial charge on any atom is 0.390 e. The zero-order chi connectivity index (χ0) is 14.0. The summed E-state index contributed by atoms with van der Waals surface area (Å²) in [5.74, 6) is -1.55. The van der Waals surface area contributed by atoms with Crippen molar-refractivity contribution in [2.45, 2.75) is 24.9 Å². The number of benzene rings is 1. The lowest BCUT2D eigenvalue weighted by Gasteiger charge is -2.34. The van der Waals surface area contributed by atoms with Crippen LogP contribution in [0.2, 0.25) is 0 Å². The maximum absolute atomic E-state index is 12.3. The summed E-state index contributed by atoms with van der Waals surface area (Å²) in [6.45, 7) is 0.205. The average Bonchev–Trinajstić information content (AvgIpc) is 2.34. The van der Waals surface area contributed by atoms with Crippen LogP contribution in [0, 0.1) is 0 Å². The number of nitrogens with zero attached hydrogens (tertiary/aromatic N) is 1. The van der Waals surface area contributed by atoms with Crippen LogP contribution in [0.3, 0.4) is 0 Å². The topological polar surface area (TPSA) is 40.5 Å². The van der Waals surface area contributed by atoms with Gasteiger partial charge < -0.3 is 10.0 Å².